The van der Waals surface area contributed by atoms with E-state index >= 15 is 0 Å². The van der Waals surface area contributed by atoms with Crippen LogP contribution in [0.3, 0.4) is 0 Å². The van der Waals surface area contributed by atoms with Crippen molar-refractivity contribution in [2.24, 2.45) is 5.10 Å². The minimum atomic E-state index is -0.342. The van der Waals surface area contributed by atoms with E-state index in [9.17, 15) is 4.79 Å². The van der Waals surface area contributed by atoms with E-state index in [1.165, 1.54) is 0 Å². The number of aromatic nitrogens is 3. The molecule has 0 saturated heterocycles. The van der Waals surface area contributed by atoms with Crippen molar-refractivity contribution < 1.29 is 4.79 Å². The summed E-state index contributed by atoms with van der Waals surface area (Å²) < 4.78 is 1.59. The third-order valence-corrected chi connectivity index (χ3v) is 4.16. The SMILES string of the molecule is Cc1nn2cccnc2c1C(=O)NN=C(c1ccccc1)c1ccccc1. The van der Waals surface area contributed by atoms with Gasteiger partial charge in [-0.15, -0.1) is 0 Å². The lowest BCUT2D eigenvalue weighted by atomic mass is 10.0. The zero-order valence-corrected chi connectivity index (χ0v) is 14.7. The predicted molar refractivity (Wildman–Crippen MR) is 104 cm³/mol. The van der Waals surface area contributed by atoms with Crippen LogP contribution in [-0.2, 0) is 0 Å². The molecule has 0 spiro atoms. The Bertz CT molecular complexity index is 1080. The number of hydrogen-bond donors (Lipinski definition) is 1. The molecule has 4 aromatic rings. The molecule has 132 valence electrons. The van der Waals surface area contributed by atoms with Gasteiger partial charge < -0.3 is 0 Å². The van der Waals surface area contributed by atoms with Gasteiger partial charge in [0.25, 0.3) is 5.91 Å². The molecule has 0 bridgehead atoms. The Morgan fingerprint density at radius 2 is 1.59 bits per heavy atom. The van der Waals surface area contributed by atoms with E-state index in [-0.39, 0.29) is 5.91 Å². The number of hydrazone groups is 1. The fourth-order valence-corrected chi connectivity index (χ4v) is 2.91. The Hall–Kier alpha value is -3.80. The maximum absolute atomic E-state index is 12.8. The molecular formula is C21H17N5O. The largest absolute Gasteiger partial charge is 0.277 e. The quantitative estimate of drug-likeness (QED) is 0.451. The van der Waals surface area contributed by atoms with Gasteiger partial charge >= 0.3 is 0 Å². The molecule has 0 unspecified atom stereocenters. The maximum Gasteiger partial charge on any atom is 0.277 e. The minimum Gasteiger partial charge on any atom is -0.267 e. The van der Waals surface area contributed by atoms with Crippen LogP contribution in [0, 0.1) is 6.92 Å². The highest BCUT2D eigenvalue weighted by Crippen LogP contribution is 2.14. The van der Waals surface area contributed by atoms with Crippen LogP contribution >= 0.6 is 0 Å². The fourth-order valence-electron chi connectivity index (χ4n) is 2.91. The zero-order valence-electron chi connectivity index (χ0n) is 14.7. The summed E-state index contributed by atoms with van der Waals surface area (Å²) >= 11 is 0. The van der Waals surface area contributed by atoms with Crippen molar-refractivity contribution in [3.05, 3.63) is 102 Å². The number of carbonyl (C=O) groups is 1. The Morgan fingerprint density at radius 1 is 0.963 bits per heavy atom. The summed E-state index contributed by atoms with van der Waals surface area (Å²) in [5.74, 6) is -0.342. The van der Waals surface area contributed by atoms with Gasteiger partial charge in [-0.05, 0) is 13.0 Å². The maximum atomic E-state index is 12.8. The molecule has 1 N–H and O–H groups in total. The van der Waals surface area contributed by atoms with Gasteiger partial charge in [-0.3, -0.25) is 4.79 Å². The summed E-state index contributed by atoms with van der Waals surface area (Å²) in [6.45, 7) is 1.78. The summed E-state index contributed by atoms with van der Waals surface area (Å²) in [5.41, 5.74) is 6.71. The molecule has 6 heteroatoms. The Morgan fingerprint density at radius 3 is 2.22 bits per heavy atom. The van der Waals surface area contributed by atoms with Crippen molar-refractivity contribution in [1.29, 1.82) is 0 Å². The summed E-state index contributed by atoms with van der Waals surface area (Å²) in [5, 5.41) is 8.74. The van der Waals surface area contributed by atoms with Gasteiger partial charge in [0.1, 0.15) is 5.56 Å². The highest BCUT2D eigenvalue weighted by Gasteiger charge is 2.18. The second-order valence-corrected chi connectivity index (χ2v) is 5.98. The highest BCUT2D eigenvalue weighted by molar-refractivity contribution is 6.13. The minimum absolute atomic E-state index is 0.342. The van der Waals surface area contributed by atoms with Crippen molar-refractivity contribution in [3.63, 3.8) is 0 Å². The first-order valence-electron chi connectivity index (χ1n) is 8.53. The third kappa shape index (κ3) is 3.32. The topological polar surface area (TPSA) is 71.7 Å². The van der Waals surface area contributed by atoms with Gasteiger partial charge in [0.15, 0.2) is 5.65 Å². The second kappa shape index (κ2) is 7.21. The zero-order chi connectivity index (χ0) is 18.6. The molecule has 0 atom stereocenters. The molecule has 0 fully saturated rings. The first-order chi connectivity index (χ1) is 13.2. The van der Waals surface area contributed by atoms with E-state index in [2.05, 4.69) is 20.6 Å². The Kier molecular flexibility index (Phi) is 4.45. The van der Waals surface area contributed by atoms with Gasteiger partial charge in [-0.25, -0.2) is 14.9 Å². The average Bonchev–Trinajstić information content (AvgIpc) is 3.05. The number of amides is 1. The van der Waals surface area contributed by atoms with Crippen molar-refractivity contribution in [1.82, 2.24) is 20.0 Å². The van der Waals surface area contributed by atoms with Gasteiger partial charge in [0, 0.05) is 23.5 Å². The normalized spacial score (nSPS) is 10.6. The number of rotatable bonds is 4. The van der Waals surface area contributed by atoms with Gasteiger partial charge in [0.05, 0.1) is 11.4 Å². The van der Waals surface area contributed by atoms with Gasteiger partial charge in [-0.2, -0.15) is 10.2 Å². The van der Waals surface area contributed by atoms with Crippen LogP contribution in [0.25, 0.3) is 5.65 Å². The molecule has 6 nitrogen and oxygen atoms in total. The molecule has 0 saturated carbocycles. The van der Waals surface area contributed by atoms with Crippen LogP contribution in [0.4, 0.5) is 0 Å². The molecule has 2 aromatic carbocycles. The van der Waals surface area contributed by atoms with Crippen LogP contribution in [0.2, 0.25) is 0 Å². The van der Waals surface area contributed by atoms with E-state index in [1.807, 2.05) is 60.7 Å². The lowest BCUT2D eigenvalue weighted by Crippen LogP contribution is -2.21. The number of carbonyl (C=O) groups excluding carboxylic acids is 1. The van der Waals surface area contributed by atoms with Crippen LogP contribution in [0.15, 0.2) is 84.2 Å². The monoisotopic (exact) mass is 355 g/mol. The number of nitrogens with zero attached hydrogens (tertiary/aromatic N) is 4. The van der Waals surface area contributed by atoms with E-state index in [4.69, 9.17) is 0 Å². The Balaban J connectivity index is 1.71. The summed E-state index contributed by atoms with van der Waals surface area (Å²) in [6, 6.07) is 21.2. The molecular weight excluding hydrogens is 338 g/mol. The van der Waals surface area contributed by atoms with Gasteiger partial charge in [-0.1, -0.05) is 60.7 Å². The molecule has 1 amide bonds. The van der Waals surface area contributed by atoms with Crippen molar-refractivity contribution in [2.75, 3.05) is 0 Å². The second-order valence-electron chi connectivity index (χ2n) is 5.98. The van der Waals surface area contributed by atoms with E-state index in [0.717, 1.165) is 11.1 Å². The first kappa shape index (κ1) is 16.7. The lowest BCUT2D eigenvalue weighted by Gasteiger charge is -2.08. The summed E-state index contributed by atoms with van der Waals surface area (Å²) in [7, 11) is 0. The van der Waals surface area contributed by atoms with Crippen molar-refractivity contribution in [3.8, 4) is 0 Å². The van der Waals surface area contributed by atoms with Crippen LogP contribution in [-0.4, -0.2) is 26.2 Å². The van der Waals surface area contributed by atoms with E-state index < -0.39 is 0 Å². The molecule has 4 rings (SSSR count). The summed E-state index contributed by atoms with van der Waals surface area (Å²) in [4.78, 5) is 17.1. The van der Waals surface area contributed by atoms with E-state index in [0.29, 0.717) is 22.6 Å². The first-order valence-corrected chi connectivity index (χ1v) is 8.53. The lowest BCUT2D eigenvalue weighted by molar-refractivity contribution is 0.0955. The molecule has 0 aliphatic rings. The van der Waals surface area contributed by atoms with Gasteiger partial charge in [0.2, 0.25) is 0 Å². The van der Waals surface area contributed by atoms with Crippen molar-refractivity contribution >= 4 is 17.3 Å². The number of benzene rings is 2. The Labute approximate surface area is 156 Å². The molecule has 0 radical (unpaired) electrons. The van der Waals surface area contributed by atoms with E-state index in [1.54, 1.807) is 29.9 Å². The molecule has 0 aliphatic heterocycles. The van der Waals surface area contributed by atoms with Crippen molar-refractivity contribution in [2.45, 2.75) is 6.92 Å². The average molecular weight is 355 g/mol. The standard InChI is InChI=1S/C21H17N5O/c1-15-18(20-22-13-8-14-26(20)25-15)21(27)24-23-19(16-9-4-2-5-10-16)17-11-6-3-7-12-17/h2-14H,1H3,(H,24,27). The predicted octanol–water partition coefficient (Wildman–Crippen LogP) is 3.22. The number of fused-ring (bicyclic) bond motifs is 1. The molecule has 27 heavy (non-hydrogen) atoms. The summed E-state index contributed by atoms with van der Waals surface area (Å²) in [6.07, 6.45) is 3.39. The third-order valence-electron chi connectivity index (χ3n) is 4.16. The molecule has 0 aliphatic carbocycles. The van der Waals surface area contributed by atoms with Crippen LogP contribution in [0.1, 0.15) is 27.2 Å². The highest BCUT2D eigenvalue weighted by atomic mass is 16.2. The number of hydrogen-bond acceptors (Lipinski definition) is 4. The van der Waals surface area contributed by atoms with Crippen LogP contribution < -0.4 is 5.43 Å². The fraction of sp³-hybridized carbons (Fsp3) is 0.0476. The molecule has 2 aromatic heterocycles. The number of aryl methyl sites for hydroxylation is 1. The number of nitrogens with one attached hydrogen (secondary N) is 1. The smallest absolute Gasteiger partial charge is 0.267 e. The molecule has 2 heterocycles. The van der Waals surface area contributed by atoms with Crippen LogP contribution in [0.5, 0.6) is 0 Å².